The van der Waals surface area contributed by atoms with Crippen molar-refractivity contribution < 1.29 is 19.0 Å². The van der Waals surface area contributed by atoms with Gasteiger partial charge in [-0.2, -0.15) is 0 Å². The van der Waals surface area contributed by atoms with Crippen LogP contribution < -0.4 is 9.47 Å². The molecule has 4 rings (SSSR count). The van der Waals surface area contributed by atoms with Crippen molar-refractivity contribution in [2.45, 2.75) is 0 Å². The van der Waals surface area contributed by atoms with Crippen LogP contribution in [0.4, 0.5) is 0 Å². The van der Waals surface area contributed by atoms with E-state index in [0.29, 0.717) is 18.8 Å². The van der Waals surface area contributed by atoms with E-state index >= 15 is 0 Å². The molecule has 3 aromatic rings. The Morgan fingerprint density at radius 3 is 2.62 bits per heavy atom. The van der Waals surface area contributed by atoms with Crippen LogP contribution in [0.1, 0.15) is 10.4 Å². The third-order valence-electron chi connectivity index (χ3n) is 4.16. The Balaban J connectivity index is 1.95. The molecule has 0 atom stereocenters. The molecule has 0 N–H and O–H groups in total. The Morgan fingerprint density at radius 1 is 0.958 bits per heavy atom. The summed E-state index contributed by atoms with van der Waals surface area (Å²) in [6.45, 7) is 1.08. The van der Waals surface area contributed by atoms with Gasteiger partial charge in [0.15, 0.2) is 11.5 Å². The minimum atomic E-state index is -0.346. The van der Waals surface area contributed by atoms with Crippen LogP contribution in [0.25, 0.3) is 21.9 Å². The Labute approximate surface area is 139 Å². The Hall–Kier alpha value is -3.01. The number of ether oxygens (including phenoxy) is 3. The number of para-hydroxylation sites is 1. The fourth-order valence-electron chi connectivity index (χ4n) is 3.04. The van der Waals surface area contributed by atoms with E-state index in [-0.39, 0.29) is 5.97 Å². The molecule has 0 saturated carbocycles. The second-order valence-electron chi connectivity index (χ2n) is 5.56. The number of benzene rings is 3. The van der Waals surface area contributed by atoms with Crippen LogP contribution in [-0.2, 0) is 4.74 Å². The third-order valence-corrected chi connectivity index (χ3v) is 4.16. The van der Waals surface area contributed by atoms with E-state index < -0.39 is 0 Å². The number of hydrogen-bond acceptors (Lipinski definition) is 4. The van der Waals surface area contributed by atoms with Gasteiger partial charge < -0.3 is 14.2 Å². The minimum absolute atomic E-state index is 0.346. The summed E-state index contributed by atoms with van der Waals surface area (Å²) in [6.07, 6.45) is 0. The highest BCUT2D eigenvalue weighted by Crippen LogP contribution is 2.42. The van der Waals surface area contributed by atoms with Gasteiger partial charge >= 0.3 is 5.97 Å². The maximum Gasteiger partial charge on any atom is 0.337 e. The van der Waals surface area contributed by atoms with E-state index in [4.69, 9.17) is 14.2 Å². The lowest BCUT2D eigenvalue weighted by Crippen LogP contribution is -2.15. The zero-order chi connectivity index (χ0) is 16.5. The third kappa shape index (κ3) is 2.36. The summed E-state index contributed by atoms with van der Waals surface area (Å²) in [6, 6.07) is 17.5. The van der Waals surface area contributed by atoms with E-state index in [1.807, 2.05) is 48.5 Å². The molecule has 0 unspecified atom stereocenters. The second kappa shape index (κ2) is 5.89. The highest BCUT2D eigenvalue weighted by molar-refractivity contribution is 6.02. The van der Waals surface area contributed by atoms with Gasteiger partial charge in [-0.1, -0.05) is 36.4 Å². The molecule has 0 bridgehead atoms. The van der Waals surface area contributed by atoms with Gasteiger partial charge in [0.2, 0.25) is 0 Å². The standard InChI is InChI=1S/C20H16O4/c1-22-20(21)14-9-8-13-4-2-5-15(17(13)12-14)16-6-3-7-18-19(16)24-11-10-23-18/h2-9,12H,10-11H2,1H3. The van der Waals surface area contributed by atoms with Crippen LogP contribution in [0, 0.1) is 0 Å². The van der Waals surface area contributed by atoms with Crippen LogP contribution in [-0.4, -0.2) is 26.3 Å². The first-order valence-corrected chi connectivity index (χ1v) is 7.78. The van der Waals surface area contributed by atoms with E-state index in [0.717, 1.165) is 33.4 Å². The molecule has 120 valence electrons. The molecular weight excluding hydrogens is 304 g/mol. The predicted molar refractivity (Wildman–Crippen MR) is 91.7 cm³/mol. The summed E-state index contributed by atoms with van der Waals surface area (Å²) < 4.78 is 16.4. The molecule has 1 heterocycles. The zero-order valence-electron chi connectivity index (χ0n) is 13.2. The van der Waals surface area contributed by atoms with Crippen LogP contribution in [0.2, 0.25) is 0 Å². The molecule has 0 fully saturated rings. The number of hydrogen-bond donors (Lipinski definition) is 0. The largest absolute Gasteiger partial charge is 0.486 e. The minimum Gasteiger partial charge on any atom is -0.486 e. The Kier molecular flexibility index (Phi) is 3.58. The highest BCUT2D eigenvalue weighted by Gasteiger charge is 2.18. The maximum absolute atomic E-state index is 11.9. The second-order valence-corrected chi connectivity index (χ2v) is 5.56. The number of esters is 1. The summed E-state index contributed by atoms with van der Waals surface area (Å²) >= 11 is 0. The molecule has 0 aromatic heterocycles. The van der Waals surface area contributed by atoms with E-state index in [9.17, 15) is 4.79 Å². The first-order chi connectivity index (χ1) is 11.8. The lowest BCUT2D eigenvalue weighted by molar-refractivity contribution is 0.0601. The smallest absolute Gasteiger partial charge is 0.337 e. The van der Waals surface area contributed by atoms with Crippen molar-refractivity contribution in [1.82, 2.24) is 0 Å². The number of methoxy groups -OCH3 is 1. The number of carbonyl (C=O) groups is 1. The monoisotopic (exact) mass is 320 g/mol. The fraction of sp³-hybridized carbons (Fsp3) is 0.150. The van der Waals surface area contributed by atoms with Crippen LogP contribution in [0.5, 0.6) is 11.5 Å². The molecule has 3 aromatic carbocycles. The average molecular weight is 320 g/mol. The number of carbonyl (C=O) groups excluding carboxylic acids is 1. The van der Waals surface area contributed by atoms with E-state index in [1.54, 1.807) is 6.07 Å². The zero-order valence-corrected chi connectivity index (χ0v) is 13.2. The molecule has 1 aliphatic heterocycles. The average Bonchev–Trinajstić information content (AvgIpc) is 2.66. The SMILES string of the molecule is COC(=O)c1ccc2cccc(-c3cccc4c3OCCO4)c2c1. The molecule has 0 amide bonds. The van der Waals surface area contributed by atoms with Gasteiger partial charge in [0.05, 0.1) is 12.7 Å². The molecule has 1 aliphatic rings. The first-order valence-electron chi connectivity index (χ1n) is 7.78. The van der Waals surface area contributed by atoms with Crippen molar-refractivity contribution >= 4 is 16.7 Å². The van der Waals surface area contributed by atoms with Gasteiger partial charge in [-0.3, -0.25) is 0 Å². The number of rotatable bonds is 2. The molecule has 24 heavy (non-hydrogen) atoms. The Bertz CT molecular complexity index is 930. The lowest BCUT2D eigenvalue weighted by Gasteiger charge is -2.21. The molecule has 0 radical (unpaired) electrons. The summed E-state index contributed by atoms with van der Waals surface area (Å²) in [4.78, 5) is 11.9. The quantitative estimate of drug-likeness (QED) is 0.668. The number of fused-ring (bicyclic) bond motifs is 2. The normalized spacial score (nSPS) is 12.9. The van der Waals surface area contributed by atoms with Crippen molar-refractivity contribution in [2.24, 2.45) is 0 Å². The van der Waals surface area contributed by atoms with Crippen molar-refractivity contribution in [2.75, 3.05) is 20.3 Å². The van der Waals surface area contributed by atoms with Gasteiger partial charge in [0.1, 0.15) is 13.2 Å². The summed E-state index contributed by atoms with van der Waals surface area (Å²) in [5.74, 6) is 1.15. The van der Waals surface area contributed by atoms with Gasteiger partial charge in [-0.25, -0.2) is 4.79 Å². The maximum atomic E-state index is 11.9. The molecule has 4 nitrogen and oxygen atoms in total. The van der Waals surface area contributed by atoms with Crippen molar-refractivity contribution in [3.63, 3.8) is 0 Å². The fourth-order valence-corrected chi connectivity index (χ4v) is 3.04. The van der Waals surface area contributed by atoms with Crippen molar-refractivity contribution in [1.29, 1.82) is 0 Å². The van der Waals surface area contributed by atoms with Crippen molar-refractivity contribution in [3.05, 3.63) is 60.2 Å². The first kappa shape index (κ1) is 14.6. The molecular formula is C20H16O4. The van der Waals surface area contributed by atoms with Crippen LogP contribution in [0.15, 0.2) is 54.6 Å². The van der Waals surface area contributed by atoms with Gasteiger partial charge in [0, 0.05) is 5.56 Å². The van der Waals surface area contributed by atoms with Gasteiger partial charge in [-0.05, 0) is 34.5 Å². The van der Waals surface area contributed by atoms with E-state index in [1.165, 1.54) is 7.11 Å². The summed E-state index contributed by atoms with van der Waals surface area (Å²) in [5, 5.41) is 2.03. The molecule has 0 aliphatic carbocycles. The van der Waals surface area contributed by atoms with Crippen molar-refractivity contribution in [3.8, 4) is 22.6 Å². The van der Waals surface area contributed by atoms with Gasteiger partial charge in [-0.15, -0.1) is 0 Å². The predicted octanol–water partition coefficient (Wildman–Crippen LogP) is 4.06. The highest BCUT2D eigenvalue weighted by atomic mass is 16.6. The molecule has 0 spiro atoms. The topological polar surface area (TPSA) is 44.8 Å². The van der Waals surface area contributed by atoms with Crippen LogP contribution in [0.3, 0.4) is 0 Å². The van der Waals surface area contributed by atoms with E-state index in [2.05, 4.69) is 0 Å². The Morgan fingerprint density at radius 2 is 1.75 bits per heavy atom. The summed E-state index contributed by atoms with van der Waals surface area (Å²) in [5.41, 5.74) is 2.49. The molecule has 0 saturated heterocycles. The van der Waals surface area contributed by atoms with Gasteiger partial charge in [0.25, 0.3) is 0 Å². The summed E-state index contributed by atoms with van der Waals surface area (Å²) in [7, 11) is 1.39. The lowest BCUT2D eigenvalue weighted by atomic mass is 9.96. The molecule has 4 heteroatoms. The van der Waals surface area contributed by atoms with Crippen LogP contribution >= 0.6 is 0 Å².